The Hall–Kier alpha value is -1.35. The molecule has 0 saturated carbocycles. The van der Waals surface area contributed by atoms with Gasteiger partial charge in [-0.25, -0.2) is 0 Å². The van der Waals surface area contributed by atoms with Gasteiger partial charge in [0.1, 0.15) is 5.75 Å². The van der Waals surface area contributed by atoms with E-state index in [0.29, 0.717) is 6.04 Å². The van der Waals surface area contributed by atoms with Gasteiger partial charge in [0.2, 0.25) is 0 Å². The van der Waals surface area contributed by atoms with Crippen molar-refractivity contribution < 1.29 is 9.53 Å². The highest BCUT2D eigenvalue weighted by molar-refractivity contribution is 5.94. The fourth-order valence-electron chi connectivity index (χ4n) is 2.61. The van der Waals surface area contributed by atoms with Crippen molar-refractivity contribution in [3.8, 4) is 5.75 Å². The number of carbonyl (C=O) groups is 1. The molecule has 1 saturated heterocycles. The van der Waals surface area contributed by atoms with Crippen LogP contribution in [-0.4, -0.2) is 36.9 Å². The monoisotopic (exact) mass is 261 g/mol. The Morgan fingerprint density at radius 1 is 1.32 bits per heavy atom. The molecular formula is C16H23NO2. The molecule has 1 heterocycles. The molecular weight excluding hydrogens is 238 g/mol. The second-order valence-corrected chi connectivity index (χ2v) is 5.35. The Labute approximate surface area is 115 Å². The number of piperidine rings is 1. The summed E-state index contributed by atoms with van der Waals surface area (Å²) in [6.45, 7) is 3.53. The first-order valence-corrected chi connectivity index (χ1v) is 7.11. The van der Waals surface area contributed by atoms with Crippen LogP contribution in [0.1, 0.15) is 43.0 Å². The number of rotatable bonds is 5. The molecule has 19 heavy (non-hydrogen) atoms. The molecule has 0 amide bonds. The van der Waals surface area contributed by atoms with Gasteiger partial charge >= 0.3 is 0 Å². The number of ether oxygens (including phenoxy) is 1. The molecule has 104 valence electrons. The van der Waals surface area contributed by atoms with Crippen molar-refractivity contribution in [1.29, 1.82) is 0 Å². The minimum Gasteiger partial charge on any atom is -0.494 e. The fraction of sp³-hybridized carbons (Fsp3) is 0.562. The van der Waals surface area contributed by atoms with E-state index in [2.05, 4.69) is 11.9 Å². The summed E-state index contributed by atoms with van der Waals surface area (Å²) in [7, 11) is 2.20. The first-order valence-electron chi connectivity index (χ1n) is 7.11. The summed E-state index contributed by atoms with van der Waals surface area (Å²) >= 11 is 0. The highest BCUT2D eigenvalue weighted by atomic mass is 16.5. The van der Waals surface area contributed by atoms with Crippen LogP contribution >= 0.6 is 0 Å². The highest BCUT2D eigenvalue weighted by Crippen LogP contribution is 2.19. The topological polar surface area (TPSA) is 29.5 Å². The Morgan fingerprint density at radius 3 is 2.68 bits per heavy atom. The predicted octanol–water partition coefficient (Wildman–Crippen LogP) is 3.14. The zero-order valence-electron chi connectivity index (χ0n) is 11.9. The van der Waals surface area contributed by atoms with Crippen molar-refractivity contribution in [1.82, 2.24) is 4.90 Å². The van der Waals surface area contributed by atoms with Crippen molar-refractivity contribution in [2.24, 2.45) is 0 Å². The first-order chi connectivity index (χ1) is 9.16. The molecule has 3 nitrogen and oxygen atoms in total. The van der Waals surface area contributed by atoms with Crippen molar-refractivity contribution in [2.75, 3.05) is 20.2 Å². The lowest BCUT2D eigenvalue weighted by Crippen LogP contribution is -2.37. The lowest BCUT2D eigenvalue weighted by Gasteiger charge is -2.32. The van der Waals surface area contributed by atoms with Crippen molar-refractivity contribution in [3.05, 3.63) is 29.8 Å². The van der Waals surface area contributed by atoms with E-state index in [0.717, 1.165) is 24.3 Å². The van der Waals surface area contributed by atoms with Crippen LogP contribution in [0.2, 0.25) is 0 Å². The van der Waals surface area contributed by atoms with Gasteiger partial charge in [0.05, 0.1) is 6.61 Å². The molecule has 1 aliphatic heterocycles. The Morgan fingerprint density at radius 2 is 2.05 bits per heavy atom. The molecule has 1 fully saturated rings. The molecule has 1 aliphatic rings. The number of carbonyl (C=O) groups excluding carboxylic acids is 1. The summed E-state index contributed by atoms with van der Waals surface area (Å²) in [5.74, 6) is 0.943. The lowest BCUT2D eigenvalue weighted by molar-refractivity contribution is 0.101. The van der Waals surface area contributed by atoms with E-state index in [-0.39, 0.29) is 5.78 Å². The van der Waals surface area contributed by atoms with Crippen LogP contribution in [0.4, 0.5) is 0 Å². The van der Waals surface area contributed by atoms with E-state index in [9.17, 15) is 4.79 Å². The third-order valence-electron chi connectivity index (χ3n) is 3.90. The normalized spacial score (nSPS) is 20.2. The molecule has 2 rings (SSSR count). The standard InChI is InChI=1S/C16H23NO2/c1-13(18)14-6-8-16(9-7-14)19-12-10-15-5-3-4-11-17(15)2/h6-9,15H,3-5,10-12H2,1-2H3. The van der Waals surface area contributed by atoms with E-state index >= 15 is 0 Å². The molecule has 1 aromatic rings. The van der Waals surface area contributed by atoms with Gasteiger partial charge in [-0.15, -0.1) is 0 Å². The van der Waals surface area contributed by atoms with E-state index in [1.807, 2.05) is 24.3 Å². The number of hydrogen-bond donors (Lipinski definition) is 0. The third kappa shape index (κ3) is 4.06. The van der Waals surface area contributed by atoms with E-state index < -0.39 is 0 Å². The highest BCUT2D eigenvalue weighted by Gasteiger charge is 2.18. The average molecular weight is 261 g/mol. The number of ketones is 1. The molecule has 3 heteroatoms. The third-order valence-corrected chi connectivity index (χ3v) is 3.90. The van der Waals surface area contributed by atoms with Gasteiger partial charge in [-0.05, 0) is 64.0 Å². The van der Waals surface area contributed by atoms with Crippen molar-refractivity contribution in [3.63, 3.8) is 0 Å². The van der Waals surface area contributed by atoms with Crippen LogP contribution in [0.5, 0.6) is 5.75 Å². The second kappa shape index (κ2) is 6.71. The molecule has 1 aromatic carbocycles. The number of benzene rings is 1. The summed E-state index contributed by atoms with van der Waals surface area (Å²) in [4.78, 5) is 13.6. The van der Waals surface area contributed by atoms with E-state index in [1.165, 1.54) is 25.8 Å². The lowest BCUT2D eigenvalue weighted by atomic mass is 10.0. The zero-order valence-corrected chi connectivity index (χ0v) is 11.9. The molecule has 0 aliphatic carbocycles. The van der Waals surface area contributed by atoms with Gasteiger partial charge in [0, 0.05) is 11.6 Å². The Bertz CT molecular complexity index is 413. The summed E-state index contributed by atoms with van der Waals surface area (Å²) in [5, 5.41) is 0. The maximum absolute atomic E-state index is 11.2. The van der Waals surface area contributed by atoms with Gasteiger partial charge in [-0.2, -0.15) is 0 Å². The maximum atomic E-state index is 11.2. The average Bonchev–Trinajstić information content (AvgIpc) is 2.41. The Balaban J connectivity index is 1.77. The van der Waals surface area contributed by atoms with E-state index in [1.54, 1.807) is 6.92 Å². The van der Waals surface area contributed by atoms with Gasteiger partial charge < -0.3 is 9.64 Å². The van der Waals surface area contributed by atoms with Crippen LogP contribution in [0.25, 0.3) is 0 Å². The summed E-state index contributed by atoms with van der Waals surface area (Å²) in [6.07, 6.45) is 5.01. The van der Waals surface area contributed by atoms with Crippen LogP contribution in [0, 0.1) is 0 Å². The number of likely N-dealkylation sites (tertiary alicyclic amines) is 1. The molecule has 0 aromatic heterocycles. The van der Waals surface area contributed by atoms with Crippen molar-refractivity contribution in [2.45, 2.75) is 38.6 Å². The molecule has 0 spiro atoms. The molecule has 1 atom stereocenters. The van der Waals surface area contributed by atoms with Crippen LogP contribution < -0.4 is 4.74 Å². The Kier molecular flexibility index (Phi) is 4.97. The van der Waals surface area contributed by atoms with Gasteiger partial charge in [-0.1, -0.05) is 6.42 Å². The van der Waals surface area contributed by atoms with Crippen LogP contribution in [0.3, 0.4) is 0 Å². The summed E-state index contributed by atoms with van der Waals surface area (Å²) in [6, 6.07) is 8.06. The minimum atomic E-state index is 0.0929. The fourth-order valence-corrected chi connectivity index (χ4v) is 2.61. The molecule has 1 unspecified atom stereocenters. The molecule has 0 radical (unpaired) electrons. The maximum Gasteiger partial charge on any atom is 0.159 e. The predicted molar refractivity (Wildman–Crippen MR) is 76.8 cm³/mol. The second-order valence-electron chi connectivity index (χ2n) is 5.35. The summed E-state index contributed by atoms with van der Waals surface area (Å²) < 4.78 is 5.75. The first kappa shape index (κ1) is 14.1. The number of hydrogen-bond acceptors (Lipinski definition) is 3. The van der Waals surface area contributed by atoms with Gasteiger partial charge in [0.15, 0.2) is 5.78 Å². The SMILES string of the molecule is CC(=O)c1ccc(OCCC2CCCCN2C)cc1. The largest absolute Gasteiger partial charge is 0.494 e. The zero-order chi connectivity index (χ0) is 13.7. The van der Waals surface area contributed by atoms with Crippen molar-refractivity contribution >= 4 is 5.78 Å². The molecule has 0 N–H and O–H groups in total. The minimum absolute atomic E-state index is 0.0929. The number of Topliss-reactive ketones (excluding diaryl/α,β-unsaturated/α-hetero) is 1. The smallest absolute Gasteiger partial charge is 0.159 e. The van der Waals surface area contributed by atoms with Crippen LogP contribution in [-0.2, 0) is 0 Å². The van der Waals surface area contributed by atoms with Gasteiger partial charge in [-0.3, -0.25) is 4.79 Å². The molecule has 0 bridgehead atoms. The summed E-state index contributed by atoms with van der Waals surface area (Å²) in [5.41, 5.74) is 0.736. The van der Waals surface area contributed by atoms with E-state index in [4.69, 9.17) is 4.74 Å². The van der Waals surface area contributed by atoms with Gasteiger partial charge in [0.25, 0.3) is 0 Å². The number of nitrogens with zero attached hydrogens (tertiary/aromatic N) is 1. The van der Waals surface area contributed by atoms with Crippen LogP contribution in [0.15, 0.2) is 24.3 Å². The quantitative estimate of drug-likeness (QED) is 0.763.